The molecule has 1 saturated heterocycles. The first-order valence-corrected chi connectivity index (χ1v) is 6.28. The molecule has 1 amide bonds. The molecule has 1 aliphatic heterocycles. The van der Waals surface area contributed by atoms with Crippen LogP contribution in [0.4, 0.5) is 0 Å². The van der Waals surface area contributed by atoms with Crippen LogP contribution in [0.5, 0.6) is 0 Å². The second-order valence-corrected chi connectivity index (χ2v) is 4.35. The number of hydrogen-bond donors (Lipinski definition) is 2. The SMILES string of the molecule is COCCNC(=O)c1cccc(C2CCCN2)n1. The molecule has 0 aromatic carbocycles. The summed E-state index contributed by atoms with van der Waals surface area (Å²) in [6, 6.07) is 5.88. The number of carbonyl (C=O) groups is 1. The second-order valence-electron chi connectivity index (χ2n) is 4.35. The van der Waals surface area contributed by atoms with Crippen LogP contribution in [0, 0.1) is 0 Å². The maximum absolute atomic E-state index is 11.8. The maximum Gasteiger partial charge on any atom is 0.269 e. The minimum absolute atomic E-state index is 0.146. The van der Waals surface area contributed by atoms with E-state index < -0.39 is 0 Å². The molecule has 1 unspecified atom stereocenters. The normalized spacial score (nSPS) is 18.8. The molecule has 0 spiro atoms. The number of aromatic nitrogens is 1. The molecule has 2 rings (SSSR count). The van der Waals surface area contributed by atoms with Crippen LogP contribution < -0.4 is 10.6 Å². The van der Waals surface area contributed by atoms with Crippen LogP contribution in [0.3, 0.4) is 0 Å². The first-order valence-electron chi connectivity index (χ1n) is 6.28. The first-order chi connectivity index (χ1) is 8.81. The van der Waals surface area contributed by atoms with Crippen molar-refractivity contribution >= 4 is 5.91 Å². The molecular formula is C13H19N3O2. The number of amides is 1. The van der Waals surface area contributed by atoms with E-state index in [1.807, 2.05) is 12.1 Å². The molecule has 5 nitrogen and oxygen atoms in total. The smallest absolute Gasteiger partial charge is 0.269 e. The van der Waals surface area contributed by atoms with Crippen molar-refractivity contribution in [3.8, 4) is 0 Å². The van der Waals surface area contributed by atoms with E-state index in [1.165, 1.54) is 0 Å². The van der Waals surface area contributed by atoms with Gasteiger partial charge in [-0.25, -0.2) is 4.98 Å². The van der Waals surface area contributed by atoms with Crippen LogP contribution in [-0.2, 0) is 4.74 Å². The van der Waals surface area contributed by atoms with Gasteiger partial charge >= 0.3 is 0 Å². The molecule has 2 heterocycles. The van der Waals surface area contributed by atoms with E-state index in [0.717, 1.165) is 25.1 Å². The third-order valence-corrected chi connectivity index (χ3v) is 3.01. The highest BCUT2D eigenvalue weighted by Gasteiger charge is 2.18. The number of carbonyl (C=O) groups excluding carboxylic acids is 1. The van der Waals surface area contributed by atoms with Gasteiger partial charge in [0.25, 0.3) is 5.91 Å². The fourth-order valence-electron chi connectivity index (χ4n) is 2.07. The highest BCUT2D eigenvalue weighted by Crippen LogP contribution is 2.21. The lowest BCUT2D eigenvalue weighted by Gasteiger charge is -2.11. The van der Waals surface area contributed by atoms with E-state index >= 15 is 0 Å². The summed E-state index contributed by atoms with van der Waals surface area (Å²) in [5.41, 5.74) is 1.42. The summed E-state index contributed by atoms with van der Waals surface area (Å²) in [4.78, 5) is 16.3. The van der Waals surface area contributed by atoms with Crippen LogP contribution in [-0.4, -0.2) is 37.7 Å². The van der Waals surface area contributed by atoms with Gasteiger partial charge in [0.2, 0.25) is 0 Å². The number of pyridine rings is 1. The zero-order valence-electron chi connectivity index (χ0n) is 10.6. The Hall–Kier alpha value is -1.46. The molecule has 5 heteroatoms. The Kier molecular flexibility index (Phi) is 4.66. The molecule has 1 aliphatic rings. The topological polar surface area (TPSA) is 63.2 Å². The van der Waals surface area contributed by atoms with E-state index in [-0.39, 0.29) is 11.9 Å². The molecule has 2 N–H and O–H groups in total. The van der Waals surface area contributed by atoms with Crippen LogP contribution >= 0.6 is 0 Å². The van der Waals surface area contributed by atoms with Gasteiger partial charge in [-0.05, 0) is 31.5 Å². The molecule has 0 bridgehead atoms. The predicted molar refractivity (Wildman–Crippen MR) is 68.4 cm³/mol. The molecule has 1 aromatic rings. The number of nitrogens with one attached hydrogen (secondary N) is 2. The number of methoxy groups -OCH3 is 1. The van der Waals surface area contributed by atoms with Gasteiger partial charge in [0.1, 0.15) is 5.69 Å². The third kappa shape index (κ3) is 3.27. The number of ether oxygens (including phenoxy) is 1. The predicted octanol–water partition coefficient (Wildman–Crippen LogP) is 0.882. The van der Waals surface area contributed by atoms with Gasteiger partial charge in [-0.3, -0.25) is 4.79 Å². The van der Waals surface area contributed by atoms with E-state index in [1.54, 1.807) is 13.2 Å². The van der Waals surface area contributed by atoms with Gasteiger partial charge in [0.05, 0.1) is 12.3 Å². The van der Waals surface area contributed by atoms with E-state index in [9.17, 15) is 4.79 Å². The molecule has 0 saturated carbocycles. The van der Waals surface area contributed by atoms with Crippen molar-refractivity contribution in [1.29, 1.82) is 0 Å². The second kappa shape index (κ2) is 6.47. The fourth-order valence-corrected chi connectivity index (χ4v) is 2.07. The van der Waals surface area contributed by atoms with Crippen LogP contribution in [0.25, 0.3) is 0 Å². The number of hydrogen-bond acceptors (Lipinski definition) is 4. The van der Waals surface area contributed by atoms with Crippen molar-refractivity contribution in [3.63, 3.8) is 0 Å². The van der Waals surface area contributed by atoms with E-state index in [4.69, 9.17) is 4.74 Å². The Balaban J connectivity index is 1.99. The maximum atomic E-state index is 11.8. The summed E-state index contributed by atoms with van der Waals surface area (Å²) in [6.45, 7) is 2.04. The van der Waals surface area contributed by atoms with E-state index in [2.05, 4.69) is 15.6 Å². The third-order valence-electron chi connectivity index (χ3n) is 3.01. The van der Waals surface area contributed by atoms with Gasteiger partial charge in [-0.1, -0.05) is 6.07 Å². The van der Waals surface area contributed by atoms with Crippen molar-refractivity contribution in [2.24, 2.45) is 0 Å². The Labute approximate surface area is 107 Å². The minimum atomic E-state index is -0.146. The standard InChI is InChI=1S/C13H19N3O2/c1-18-9-8-15-13(17)12-5-2-4-11(16-12)10-6-3-7-14-10/h2,4-5,10,14H,3,6-9H2,1H3,(H,15,17). The molecule has 1 atom stereocenters. The van der Waals surface area contributed by atoms with Crippen molar-refractivity contribution in [2.75, 3.05) is 26.8 Å². The Morgan fingerprint density at radius 3 is 3.22 bits per heavy atom. The average Bonchev–Trinajstić information content (AvgIpc) is 2.93. The van der Waals surface area contributed by atoms with E-state index in [0.29, 0.717) is 18.8 Å². The van der Waals surface area contributed by atoms with Gasteiger partial charge in [-0.2, -0.15) is 0 Å². The zero-order chi connectivity index (χ0) is 12.8. The number of nitrogens with zero attached hydrogens (tertiary/aromatic N) is 1. The Morgan fingerprint density at radius 2 is 2.50 bits per heavy atom. The summed E-state index contributed by atoms with van der Waals surface area (Å²) in [6.07, 6.45) is 2.25. The summed E-state index contributed by atoms with van der Waals surface area (Å²) < 4.78 is 4.89. The molecule has 1 fully saturated rings. The number of rotatable bonds is 5. The lowest BCUT2D eigenvalue weighted by Crippen LogP contribution is -2.28. The van der Waals surface area contributed by atoms with Gasteiger partial charge in [0, 0.05) is 19.7 Å². The fraction of sp³-hybridized carbons (Fsp3) is 0.538. The Morgan fingerprint density at radius 1 is 1.61 bits per heavy atom. The Bertz CT molecular complexity index is 403. The lowest BCUT2D eigenvalue weighted by molar-refractivity contribution is 0.0932. The zero-order valence-corrected chi connectivity index (χ0v) is 10.6. The molecule has 0 radical (unpaired) electrons. The molecular weight excluding hydrogens is 230 g/mol. The summed E-state index contributed by atoms with van der Waals surface area (Å²) >= 11 is 0. The van der Waals surface area contributed by atoms with Crippen molar-refractivity contribution in [2.45, 2.75) is 18.9 Å². The largest absolute Gasteiger partial charge is 0.383 e. The quantitative estimate of drug-likeness (QED) is 0.760. The highest BCUT2D eigenvalue weighted by molar-refractivity contribution is 5.92. The van der Waals surface area contributed by atoms with Gasteiger partial charge in [0.15, 0.2) is 0 Å². The molecule has 1 aromatic heterocycles. The van der Waals surface area contributed by atoms with Crippen molar-refractivity contribution < 1.29 is 9.53 Å². The summed E-state index contributed by atoms with van der Waals surface area (Å²) in [7, 11) is 1.61. The summed E-state index contributed by atoms with van der Waals surface area (Å²) in [5, 5.41) is 6.15. The monoisotopic (exact) mass is 249 g/mol. The highest BCUT2D eigenvalue weighted by atomic mass is 16.5. The van der Waals surface area contributed by atoms with Gasteiger partial charge in [-0.15, -0.1) is 0 Å². The van der Waals surface area contributed by atoms with Crippen LogP contribution in [0.1, 0.15) is 35.1 Å². The minimum Gasteiger partial charge on any atom is -0.383 e. The molecule has 0 aliphatic carbocycles. The average molecular weight is 249 g/mol. The van der Waals surface area contributed by atoms with Crippen molar-refractivity contribution in [1.82, 2.24) is 15.6 Å². The van der Waals surface area contributed by atoms with Crippen LogP contribution in [0.15, 0.2) is 18.2 Å². The lowest BCUT2D eigenvalue weighted by atomic mass is 10.1. The van der Waals surface area contributed by atoms with Crippen molar-refractivity contribution in [3.05, 3.63) is 29.6 Å². The summed E-state index contributed by atoms with van der Waals surface area (Å²) in [5.74, 6) is -0.146. The molecule has 18 heavy (non-hydrogen) atoms. The molecule has 98 valence electrons. The van der Waals surface area contributed by atoms with Crippen LogP contribution in [0.2, 0.25) is 0 Å². The van der Waals surface area contributed by atoms with Gasteiger partial charge < -0.3 is 15.4 Å². The first kappa shape index (κ1) is 13.0.